The van der Waals surface area contributed by atoms with Crippen molar-refractivity contribution in [1.82, 2.24) is 15.6 Å². The number of anilines is 1. The van der Waals surface area contributed by atoms with E-state index in [1.807, 2.05) is 0 Å². The smallest absolute Gasteiger partial charge is 0.319 e. The van der Waals surface area contributed by atoms with E-state index in [9.17, 15) is 4.79 Å². The van der Waals surface area contributed by atoms with Crippen LogP contribution in [0.15, 0.2) is 10.5 Å². The molecule has 8 heteroatoms. The van der Waals surface area contributed by atoms with E-state index in [0.717, 1.165) is 74.8 Å². The van der Waals surface area contributed by atoms with Crippen LogP contribution in [0.1, 0.15) is 62.8 Å². The van der Waals surface area contributed by atoms with E-state index in [1.54, 1.807) is 6.07 Å². The number of carbonyl (C=O) groups is 1. The zero-order valence-corrected chi connectivity index (χ0v) is 17.2. The van der Waals surface area contributed by atoms with Gasteiger partial charge < -0.3 is 25.1 Å². The molecule has 0 radical (unpaired) electrons. The number of benzene rings is 1. The summed E-state index contributed by atoms with van der Waals surface area (Å²) in [4.78, 5) is 17.1. The Morgan fingerprint density at radius 3 is 2.93 bits per heavy atom. The SMILES string of the molecule is O=C1Nc2c(Cl)cc3nc(CNC4CCCOCC4)oc3c2C2(CCCCC2)N1. The summed E-state index contributed by atoms with van der Waals surface area (Å²) in [5, 5.41) is 10.1. The summed E-state index contributed by atoms with van der Waals surface area (Å²) in [6, 6.07) is 2.01. The molecule has 29 heavy (non-hydrogen) atoms. The van der Waals surface area contributed by atoms with Gasteiger partial charge in [0.1, 0.15) is 5.52 Å². The largest absolute Gasteiger partial charge is 0.439 e. The molecule has 1 saturated heterocycles. The number of oxazole rings is 1. The Hall–Kier alpha value is -1.83. The Morgan fingerprint density at radius 2 is 2.07 bits per heavy atom. The van der Waals surface area contributed by atoms with Crippen molar-refractivity contribution in [2.75, 3.05) is 18.5 Å². The lowest BCUT2D eigenvalue weighted by Crippen LogP contribution is -2.52. The van der Waals surface area contributed by atoms with Crippen molar-refractivity contribution < 1.29 is 13.9 Å². The third-order valence-electron chi connectivity index (χ3n) is 6.45. The van der Waals surface area contributed by atoms with Gasteiger partial charge in [-0.3, -0.25) is 0 Å². The molecule has 1 spiro atoms. The molecule has 1 saturated carbocycles. The minimum absolute atomic E-state index is 0.197. The van der Waals surface area contributed by atoms with Crippen LogP contribution in [-0.2, 0) is 16.8 Å². The third kappa shape index (κ3) is 3.60. The molecule has 3 heterocycles. The number of nitrogens with one attached hydrogen (secondary N) is 3. The van der Waals surface area contributed by atoms with E-state index >= 15 is 0 Å². The highest BCUT2D eigenvalue weighted by atomic mass is 35.5. The van der Waals surface area contributed by atoms with Gasteiger partial charge in [-0.2, -0.15) is 0 Å². The van der Waals surface area contributed by atoms with Crippen LogP contribution in [0.4, 0.5) is 10.5 Å². The van der Waals surface area contributed by atoms with Gasteiger partial charge in [-0.15, -0.1) is 0 Å². The zero-order valence-electron chi connectivity index (χ0n) is 16.5. The van der Waals surface area contributed by atoms with Gasteiger partial charge in [0.25, 0.3) is 0 Å². The van der Waals surface area contributed by atoms with Crippen molar-refractivity contribution in [2.45, 2.75) is 69.5 Å². The lowest BCUT2D eigenvalue weighted by atomic mass is 9.74. The molecular weight excluding hydrogens is 392 g/mol. The van der Waals surface area contributed by atoms with Crippen LogP contribution in [0.25, 0.3) is 11.1 Å². The molecule has 0 bridgehead atoms. The number of amides is 2. The molecule has 1 aromatic heterocycles. The van der Waals surface area contributed by atoms with Gasteiger partial charge in [-0.1, -0.05) is 30.9 Å². The van der Waals surface area contributed by atoms with E-state index in [1.165, 1.54) is 6.42 Å². The number of nitrogens with zero attached hydrogens (tertiary/aromatic N) is 1. The molecule has 1 aromatic carbocycles. The van der Waals surface area contributed by atoms with Crippen molar-refractivity contribution in [3.05, 3.63) is 22.5 Å². The van der Waals surface area contributed by atoms with E-state index in [-0.39, 0.29) is 6.03 Å². The molecule has 3 N–H and O–H groups in total. The van der Waals surface area contributed by atoms with Crippen LogP contribution in [0.3, 0.4) is 0 Å². The molecule has 3 aliphatic rings. The van der Waals surface area contributed by atoms with Crippen LogP contribution in [0.5, 0.6) is 0 Å². The summed E-state index contributed by atoms with van der Waals surface area (Å²) >= 11 is 6.56. The van der Waals surface area contributed by atoms with Crippen molar-refractivity contribution in [1.29, 1.82) is 0 Å². The van der Waals surface area contributed by atoms with Crippen molar-refractivity contribution in [3.63, 3.8) is 0 Å². The highest BCUT2D eigenvalue weighted by Crippen LogP contribution is 2.48. The van der Waals surface area contributed by atoms with E-state index < -0.39 is 5.54 Å². The van der Waals surface area contributed by atoms with Crippen LogP contribution < -0.4 is 16.0 Å². The van der Waals surface area contributed by atoms with Gasteiger partial charge in [0, 0.05) is 24.8 Å². The fraction of sp³-hybridized carbons (Fsp3) is 0.619. The number of hydrogen-bond acceptors (Lipinski definition) is 5. The maximum absolute atomic E-state index is 12.4. The Labute approximate surface area is 174 Å². The highest BCUT2D eigenvalue weighted by molar-refractivity contribution is 6.35. The number of rotatable bonds is 3. The third-order valence-corrected chi connectivity index (χ3v) is 6.75. The monoisotopic (exact) mass is 418 g/mol. The number of urea groups is 1. The van der Waals surface area contributed by atoms with Crippen molar-refractivity contribution in [2.24, 2.45) is 0 Å². The summed E-state index contributed by atoms with van der Waals surface area (Å²) < 4.78 is 11.8. The first kappa shape index (κ1) is 19.2. The van der Waals surface area contributed by atoms with Crippen molar-refractivity contribution in [3.8, 4) is 0 Å². The first-order valence-electron chi connectivity index (χ1n) is 10.7. The second kappa shape index (κ2) is 7.78. The number of aromatic nitrogens is 1. The van der Waals surface area contributed by atoms with Crippen molar-refractivity contribution >= 4 is 34.4 Å². The van der Waals surface area contributed by atoms with Crippen LogP contribution in [0.2, 0.25) is 5.02 Å². The van der Waals surface area contributed by atoms with Gasteiger partial charge in [-0.25, -0.2) is 9.78 Å². The van der Waals surface area contributed by atoms with Gasteiger partial charge >= 0.3 is 6.03 Å². The number of halogens is 1. The maximum Gasteiger partial charge on any atom is 0.319 e. The van der Waals surface area contributed by atoms with Crippen LogP contribution in [0, 0.1) is 0 Å². The molecule has 2 aliphatic heterocycles. The van der Waals surface area contributed by atoms with Gasteiger partial charge in [0.05, 0.1) is 22.8 Å². The highest BCUT2D eigenvalue weighted by Gasteiger charge is 2.44. The molecule has 1 atom stereocenters. The molecular formula is C21H27ClN4O3. The molecule has 7 nitrogen and oxygen atoms in total. The summed E-state index contributed by atoms with van der Waals surface area (Å²) in [6.07, 6.45) is 8.27. The number of fused-ring (bicyclic) bond motifs is 4. The molecule has 1 unspecified atom stereocenters. The standard InChI is InChI=1S/C21H27ClN4O3/c22-14-11-15-19(29-16(24-15)12-23-13-5-4-9-28-10-6-13)17-18(14)25-20(27)26-21(17)7-2-1-3-8-21/h11,13,23H,1-10,12H2,(H2,25,26,27). The van der Waals surface area contributed by atoms with E-state index in [0.29, 0.717) is 29.2 Å². The fourth-order valence-corrected chi connectivity index (χ4v) is 5.27. The quantitative estimate of drug-likeness (QED) is 0.686. The normalized spacial score (nSPS) is 24.0. The number of ether oxygens (including phenoxy) is 1. The van der Waals surface area contributed by atoms with Gasteiger partial charge in [0.2, 0.25) is 5.89 Å². The molecule has 2 amide bonds. The van der Waals surface area contributed by atoms with Gasteiger partial charge in [-0.05, 0) is 38.2 Å². The summed E-state index contributed by atoms with van der Waals surface area (Å²) in [5.41, 5.74) is 2.68. The Kier molecular flexibility index (Phi) is 5.14. The lowest BCUT2D eigenvalue weighted by molar-refractivity contribution is 0.142. The van der Waals surface area contributed by atoms with E-state index in [2.05, 4.69) is 16.0 Å². The van der Waals surface area contributed by atoms with E-state index in [4.69, 9.17) is 25.7 Å². The molecule has 5 rings (SSSR count). The summed E-state index contributed by atoms with van der Waals surface area (Å²) in [6.45, 7) is 2.20. The Balaban J connectivity index is 1.49. The minimum atomic E-state index is -0.429. The summed E-state index contributed by atoms with van der Waals surface area (Å²) in [5.74, 6) is 0.650. The predicted molar refractivity (Wildman–Crippen MR) is 111 cm³/mol. The number of carbonyl (C=O) groups excluding carboxylic acids is 1. The average Bonchev–Trinajstić information content (AvgIpc) is 2.93. The Bertz CT molecular complexity index is 914. The summed E-state index contributed by atoms with van der Waals surface area (Å²) in [7, 11) is 0. The molecule has 2 fully saturated rings. The maximum atomic E-state index is 12.4. The zero-order chi connectivity index (χ0) is 19.8. The van der Waals surface area contributed by atoms with Crippen LogP contribution in [-0.4, -0.2) is 30.3 Å². The second-order valence-electron chi connectivity index (χ2n) is 8.41. The minimum Gasteiger partial charge on any atom is -0.439 e. The first-order valence-corrected chi connectivity index (χ1v) is 11.1. The average molecular weight is 419 g/mol. The number of hydrogen-bond donors (Lipinski definition) is 3. The fourth-order valence-electron chi connectivity index (χ4n) is 5.03. The molecule has 1 aliphatic carbocycles. The van der Waals surface area contributed by atoms with Gasteiger partial charge in [0.15, 0.2) is 5.58 Å². The molecule has 156 valence electrons. The predicted octanol–water partition coefficient (Wildman–Crippen LogP) is 4.43. The molecule has 2 aromatic rings. The lowest BCUT2D eigenvalue weighted by Gasteiger charge is -2.42. The second-order valence-corrected chi connectivity index (χ2v) is 8.81. The topological polar surface area (TPSA) is 88.4 Å². The Morgan fingerprint density at radius 1 is 1.21 bits per heavy atom. The van der Waals surface area contributed by atoms with Crippen LogP contribution >= 0.6 is 11.6 Å². The first-order chi connectivity index (χ1) is 14.1.